The van der Waals surface area contributed by atoms with Gasteiger partial charge in [-0.15, -0.1) is 11.8 Å². The highest BCUT2D eigenvalue weighted by molar-refractivity contribution is 8.00. The number of hydrogen-bond acceptors (Lipinski definition) is 5. The zero-order valence-electron chi connectivity index (χ0n) is 16.0. The van der Waals surface area contributed by atoms with Crippen molar-refractivity contribution in [2.45, 2.75) is 56.2 Å². The Morgan fingerprint density at radius 3 is 2.65 bits per heavy atom. The van der Waals surface area contributed by atoms with E-state index in [0.29, 0.717) is 12.5 Å². The van der Waals surface area contributed by atoms with Crippen LogP contribution < -0.4 is 5.32 Å². The van der Waals surface area contributed by atoms with E-state index in [0.717, 1.165) is 18.0 Å². The SMILES string of the molecule is CC1CCCN(C(C)(C)CNC(=O)C(C)Sc2ccc([N+](=O)[O-])cc2)C1. The first-order valence-corrected chi connectivity index (χ1v) is 10.0. The Morgan fingerprint density at radius 1 is 1.42 bits per heavy atom. The van der Waals surface area contributed by atoms with E-state index in [9.17, 15) is 14.9 Å². The lowest BCUT2D eigenvalue weighted by atomic mass is 9.93. The van der Waals surface area contributed by atoms with Gasteiger partial charge in [-0.25, -0.2) is 0 Å². The normalized spacial score (nSPS) is 19.8. The van der Waals surface area contributed by atoms with Crippen LogP contribution in [0.1, 0.15) is 40.5 Å². The van der Waals surface area contributed by atoms with Crippen molar-refractivity contribution in [1.29, 1.82) is 0 Å². The van der Waals surface area contributed by atoms with Crippen LogP contribution in [0.5, 0.6) is 0 Å². The summed E-state index contributed by atoms with van der Waals surface area (Å²) in [7, 11) is 0. The van der Waals surface area contributed by atoms with Crippen molar-refractivity contribution in [3.8, 4) is 0 Å². The third-order valence-corrected chi connectivity index (χ3v) is 6.05. The van der Waals surface area contributed by atoms with Gasteiger partial charge in [-0.05, 0) is 58.2 Å². The summed E-state index contributed by atoms with van der Waals surface area (Å²) in [6.07, 6.45) is 2.49. The van der Waals surface area contributed by atoms with Crippen LogP contribution in [-0.2, 0) is 4.79 Å². The summed E-state index contributed by atoms with van der Waals surface area (Å²) in [5, 5.41) is 13.5. The second-order valence-corrected chi connectivity index (χ2v) is 9.15. The largest absolute Gasteiger partial charge is 0.353 e. The van der Waals surface area contributed by atoms with Crippen molar-refractivity contribution in [3.05, 3.63) is 34.4 Å². The Hall–Kier alpha value is -1.60. The highest BCUT2D eigenvalue weighted by Gasteiger charge is 2.30. The van der Waals surface area contributed by atoms with Crippen LogP contribution in [0.2, 0.25) is 0 Å². The van der Waals surface area contributed by atoms with Gasteiger partial charge in [-0.3, -0.25) is 19.8 Å². The number of non-ortho nitro benzene ring substituents is 1. The van der Waals surface area contributed by atoms with Crippen LogP contribution in [0.4, 0.5) is 5.69 Å². The fourth-order valence-corrected chi connectivity index (χ4v) is 4.09. The number of carbonyl (C=O) groups excluding carboxylic acids is 1. The molecule has 26 heavy (non-hydrogen) atoms. The van der Waals surface area contributed by atoms with Gasteiger partial charge in [-0.1, -0.05) is 6.92 Å². The lowest BCUT2D eigenvalue weighted by Crippen LogP contribution is -2.55. The van der Waals surface area contributed by atoms with Gasteiger partial charge >= 0.3 is 0 Å². The smallest absolute Gasteiger partial charge is 0.269 e. The summed E-state index contributed by atoms with van der Waals surface area (Å²) in [4.78, 5) is 26.1. The summed E-state index contributed by atoms with van der Waals surface area (Å²) >= 11 is 1.41. The van der Waals surface area contributed by atoms with Gasteiger partial charge in [0.15, 0.2) is 0 Å². The van der Waals surface area contributed by atoms with Gasteiger partial charge in [0.25, 0.3) is 5.69 Å². The van der Waals surface area contributed by atoms with Crippen molar-refractivity contribution in [3.63, 3.8) is 0 Å². The van der Waals surface area contributed by atoms with Crippen molar-refractivity contribution >= 4 is 23.4 Å². The maximum atomic E-state index is 12.5. The molecule has 2 unspecified atom stereocenters. The number of nitrogens with zero attached hydrogens (tertiary/aromatic N) is 2. The third-order valence-electron chi connectivity index (χ3n) is 4.94. The summed E-state index contributed by atoms with van der Waals surface area (Å²) in [5.41, 5.74) is -0.00815. The molecular weight excluding hydrogens is 350 g/mol. The number of carbonyl (C=O) groups is 1. The Bertz CT molecular complexity index is 633. The van der Waals surface area contributed by atoms with E-state index in [1.54, 1.807) is 12.1 Å². The van der Waals surface area contributed by atoms with Crippen LogP contribution in [0.3, 0.4) is 0 Å². The number of benzene rings is 1. The molecule has 1 fully saturated rings. The molecule has 1 N–H and O–H groups in total. The van der Waals surface area contributed by atoms with Crippen molar-refractivity contribution in [2.24, 2.45) is 5.92 Å². The second-order valence-electron chi connectivity index (χ2n) is 7.73. The molecule has 1 heterocycles. The molecule has 2 atom stereocenters. The molecule has 0 aromatic heterocycles. The van der Waals surface area contributed by atoms with E-state index >= 15 is 0 Å². The standard InChI is InChI=1S/C19H29N3O3S/c1-14-6-5-11-21(12-14)19(3,4)13-20-18(23)15(2)26-17-9-7-16(8-10-17)22(24)25/h7-10,14-15H,5-6,11-13H2,1-4H3,(H,20,23). The lowest BCUT2D eigenvalue weighted by Gasteiger charge is -2.43. The fourth-order valence-electron chi connectivity index (χ4n) is 3.20. The minimum Gasteiger partial charge on any atom is -0.353 e. The van der Waals surface area contributed by atoms with E-state index in [-0.39, 0.29) is 22.4 Å². The van der Waals surface area contributed by atoms with Gasteiger partial charge in [-0.2, -0.15) is 0 Å². The van der Waals surface area contributed by atoms with Crippen LogP contribution in [0, 0.1) is 16.0 Å². The highest BCUT2D eigenvalue weighted by Crippen LogP contribution is 2.26. The molecule has 0 bridgehead atoms. The molecule has 1 saturated heterocycles. The Kier molecular flexibility index (Phi) is 7.06. The third kappa shape index (κ3) is 5.71. The summed E-state index contributed by atoms with van der Waals surface area (Å²) < 4.78 is 0. The molecule has 1 amide bonds. The molecule has 0 spiro atoms. The molecular formula is C19H29N3O3S. The quantitative estimate of drug-likeness (QED) is 0.444. The average molecular weight is 380 g/mol. The van der Waals surface area contributed by atoms with Gasteiger partial charge in [0.2, 0.25) is 5.91 Å². The molecule has 144 valence electrons. The number of hydrogen-bond donors (Lipinski definition) is 1. The first kappa shape index (κ1) is 20.7. The minimum absolute atomic E-state index is 0.00788. The molecule has 7 heteroatoms. The predicted molar refractivity (Wildman–Crippen MR) is 105 cm³/mol. The van der Waals surface area contributed by atoms with Crippen LogP contribution >= 0.6 is 11.8 Å². The van der Waals surface area contributed by atoms with Gasteiger partial charge in [0, 0.05) is 35.7 Å². The number of rotatable bonds is 7. The second kappa shape index (κ2) is 8.86. The topological polar surface area (TPSA) is 75.5 Å². The number of likely N-dealkylation sites (tertiary alicyclic amines) is 1. The van der Waals surface area contributed by atoms with Gasteiger partial charge < -0.3 is 5.32 Å². The van der Waals surface area contributed by atoms with E-state index in [1.807, 2.05) is 6.92 Å². The summed E-state index contributed by atoms with van der Waals surface area (Å²) in [5.74, 6) is 0.696. The van der Waals surface area contributed by atoms with E-state index in [4.69, 9.17) is 0 Å². The predicted octanol–water partition coefficient (Wildman–Crippen LogP) is 3.70. The zero-order valence-corrected chi connectivity index (χ0v) is 16.8. The van der Waals surface area contributed by atoms with Crippen molar-refractivity contribution < 1.29 is 9.72 Å². The lowest BCUT2D eigenvalue weighted by molar-refractivity contribution is -0.384. The number of amides is 1. The highest BCUT2D eigenvalue weighted by atomic mass is 32.2. The van der Waals surface area contributed by atoms with Gasteiger partial charge in [0.1, 0.15) is 0 Å². The first-order valence-electron chi connectivity index (χ1n) is 9.13. The molecule has 0 saturated carbocycles. The number of thioether (sulfide) groups is 1. The maximum absolute atomic E-state index is 12.5. The van der Waals surface area contributed by atoms with E-state index in [2.05, 4.69) is 31.0 Å². The monoisotopic (exact) mass is 379 g/mol. The molecule has 1 aliphatic heterocycles. The molecule has 1 aromatic rings. The molecule has 0 aliphatic carbocycles. The Labute approximate surface area is 159 Å². The zero-order chi connectivity index (χ0) is 19.3. The molecule has 0 radical (unpaired) electrons. The van der Waals surface area contributed by atoms with Crippen molar-refractivity contribution in [1.82, 2.24) is 10.2 Å². The van der Waals surface area contributed by atoms with Crippen LogP contribution in [0.15, 0.2) is 29.2 Å². The van der Waals surface area contributed by atoms with Crippen LogP contribution in [-0.4, -0.2) is 46.2 Å². The number of nitrogens with one attached hydrogen (secondary N) is 1. The average Bonchev–Trinajstić information content (AvgIpc) is 2.60. The van der Waals surface area contributed by atoms with Gasteiger partial charge in [0.05, 0.1) is 10.2 Å². The Morgan fingerprint density at radius 2 is 2.08 bits per heavy atom. The van der Waals surface area contributed by atoms with Crippen LogP contribution in [0.25, 0.3) is 0 Å². The molecule has 6 nitrogen and oxygen atoms in total. The first-order chi connectivity index (χ1) is 12.2. The number of piperidine rings is 1. The fraction of sp³-hybridized carbons (Fsp3) is 0.632. The van der Waals surface area contributed by atoms with E-state index in [1.165, 1.54) is 36.7 Å². The van der Waals surface area contributed by atoms with E-state index < -0.39 is 4.92 Å². The summed E-state index contributed by atoms with van der Waals surface area (Å²) in [6, 6.07) is 6.30. The molecule has 1 aromatic carbocycles. The Balaban J connectivity index is 1.85. The minimum atomic E-state index is -0.423. The summed E-state index contributed by atoms with van der Waals surface area (Å²) in [6.45, 7) is 11.3. The maximum Gasteiger partial charge on any atom is 0.269 e. The number of nitro groups is 1. The molecule has 2 rings (SSSR count). The number of nitro benzene ring substituents is 1. The molecule has 1 aliphatic rings. The van der Waals surface area contributed by atoms with Crippen molar-refractivity contribution in [2.75, 3.05) is 19.6 Å².